The van der Waals surface area contributed by atoms with Crippen LogP contribution in [0.3, 0.4) is 0 Å². The molecule has 3 atom stereocenters. The number of ether oxygens (including phenoxy) is 3. The Balaban J connectivity index is 0.000000375. The summed E-state index contributed by atoms with van der Waals surface area (Å²) in [6, 6.07) is 6.20. The average Bonchev–Trinajstić information content (AvgIpc) is 1.70. The highest BCUT2D eigenvalue weighted by Gasteiger charge is 2.38. The highest BCUT2D eigenvalue weighted by Crippen LogP contribution is 2.40. The summed E-state index contributed by atoms with van der Waals surface area (Å²) in [5.41, 5.74) is 0.916. The van der Waals surface area contributed by atoms with Gasteiger partial charge in [-0.2, -0.15) is 0 Å². The number of carboxylic acids is 1. The van der Waals surface area contributed by atoms with E-state index in [0.717, 1.165) is 76.9 Å². The Kier molecular flexibility index (Phi) is 35.9. The molecule has 0 aliphatic heterocycles. The molecule has 105 heavy (non-hydrogen) atoms. The molecule has 576 valence electrons. The second kappa shape index (κ2) is 41.0. The molecule has 24 heteroatoms. The molecule has 4 aromatic rings. The fourth-order valence-electron chi connectivity index (χ4n) is 10.5. The molecule has 2 saturated carbocycles. The molecule has 2 N–H and O–H groups in total. The van der Waals surface area contributed by atoms with E-state index in [-0.39, 0.29) is 92.8 Å². The molecule has 3 unspecified atom stereocenters. The number of aromatic carboxylic acids is 1. The van der Waals surface area contributed by atoms with Crippen molar-refractivity contribution >= 4 is 132 Å². The molecule has 19 nitrogen and oxygen atoms in total. The van der Waals surface area contributed by atoms with Gasteiger partial charge in [0, 0.05) is 118 Å². The molecular formula is C81H113BrN6O13S4. The van der Waals surface area contributed by atoms with Crippen LogP contribution >= 0.6 is 61.3 Å². The SMILES string of the molecule is CC1CCC(C(=O)N(c2cc(C#CC(C)(C)C)sc2C(=O)O)C(C)CC(=O)N(C)C)CC1.COC(=O)c1sc(C#CC(C)(C)C)cc1Br.COC(=O)c1sc(C#CC(C)(C)C)cc1N(C(=O)C1CCC(C)CC1)C(C)CC(=O)N(C)C.COC(=O)c1sc(C#CC(C)(C)C)cc1NC(C)CC(=O)N(C)C. The number of nitrogens with one attached hydrogen (secondary N) is 1. The van der Waals surface area contributed by atoms with Crippen LogP contribution in [-0.2, 0) is 38.2 Å². The summed E-state index contributed by atoms with van der Waals surface area (Å²) in [5, 5.41) is 13.1. The summed E-state index contributed by atoms with van der Waals surface area (Å²) in [4.78, 5) is 125. The molecule has 6 rings (SSSR count). The Morgan fingerprint density at radius 2 is 0.762 bits per heavy atom. The number of carbonyl (C=O) groups is 9. The van der Waals surface area contributed by atoms with Crippen LogP contribution in [0.25, 0.3) is 0 Å². The van der Waals surface area contributed by atoms with Gasteiger partial charge in [-0.25, -0.2) is 19.2 Å². The summed E-state index contributed by atoms with van der Waals surface area (Å²) >= 11 is 8.26. The normalized spacial score (nSPS) is 16.3. The summed E-state index contributed by atoms with van der Waals surface area (Å²) in [6.07, 6.45) is 7.81. The van der Waals surface area contributed by atoms with Gasteiger partial charge in [0.05, 0.1) is 57.9 Å². The maximum Gasteiger partial charge on any atom is 0.350 e. The number of thiophene rings is 4. The highest BCUT2D eigenvalue weighted by atomic mass is 79.9. The van der Waals surface area contributed by atoms with E-state index in [9.17, 15) is 48.3 Å². The minimum absolute atomic E-state index is 0.0256. The lowest BCUT2D eigenvalue weighted by Crippen LogP contribution is -2.45. The van der Waals surface area contributed by atoms with Crippen molar-refractivity contribution in [3.63, 3.8) is 0 Å². The smallest absolute Gasteiger partial charge is 0.350 e. The molecular weight excluding hydrogens is 1470 g/mol. The quantitative estimate of drug-likeness (QED) is 0.0536. The molecule has 0 aromatic carbocycles. The first-order valence-corrected chi connectivity index (χ1v) is 39.4. The molecule has 2 aliphatic rings. The summed E-state index contributed by atoms with van der Waals surface area (Å²) in [5.74, 6) is 23.3. The predicted octanol–water partition coefficient (Wildman–Crippen LogP) is 16.7. The van der Waals surface area contributed by atoms with Crippen LogP contribution in [0, 0.1) is 92.7 Å². The molecule has 4 aromatic heterocycles. The average molecular weight is 1590 g/mol. The Bertz CT molecular complexity index is 3950. The molecule has 0 bridgehead atoms. The predicted molar refractivity (Wildman–Crippen MR) is 430 cm³/mol. The molecule has 5 amide bonds. The van der Waals surface area contributed by atoms with Crippen molar-refractivity contribution in [2.45, 2.75) is 206 Å². The number of carboxylic acid groups (broad SMARTS) is 1. The van der Waals surface area contributed by atoms with Crippen LogP contribution in [0.2, 0.25) is 0 Å². The van der Waals surface area contributed by atoms with E-state index >= 15 is 0 Å². The van der Waals surface area contributed by atoms with Gasteiger partial charge in [0.1, 0.15) is 19.5 Å². The first kappa shape index (κ1) is 91.8. The van der Waals surface area contributed by atoms with Gasteiger partial charge in [-0.3, -0.25) is 24.0 Å². The van der Waals surface area contributed by atoms with Crippen molar-refractivity contribution in [3.05, 3.63) is 67.8 Å². The van der Waals surface area contributed by atoms with Crippen molar-refractivity contribution in [1.29, 1.82) is 0 Å². The molecule has 0 spiro atoms. The van der Waals surface area contributed by atoms with Crippen LogP contribution in [0.4, 0.5) is 17.1 Å². The van der Waals surface area contributed by atoms with Gasteiger partial charge >= 0.3 is 23.9 Å². The standard InChI is InChI=1S/C26H38N2O4S.C25H36N2O4S.C18H26N2O3S.C12H13BrO2S/c1-17-9-11-19(12-10-17)24(30)28(18(2)15-22(29)27(6)7)21-16-20(13-14-26(3,4)5)33-23(21)25(31)32-8;1-16-8-10-18(11-9-16)23(29)27(17(2)14-21(28)26(6)7)20-15-19(12-13-25(3,4)5)32-22(20)24(30)31;1-12(10-15(21)20(5)6)19-14-11-13(8-9-18(2,3)4)24-16(14)17(22)23-7;1-12(2,3)6-5-8-7-9(13)10(16-8)11(14)15-4/h16-19H,9-12,15H2,1-8H3;15-18H,8-11,14H2,1-7H3,(H,30,31);11-12,19H,10H2,1-7H3;7H,1-4H3. The van der Waals surface area contributed by atoms with Crippen LogP contribution in [0.1, 0.15) is 247 Å². The lowest BCUT2D eigenvalue weighted by atomic mass is 9.82. The lowest BCUT2D eigenvalue weighted by molar-refractivity contribution is -0.130. The van der Waals surface area contributed by atoms with Crippen molar-refractivity contribution in [2.75, 3.05) is 78.7 Å². The van der Waals surface area contributed by atoms with Crippen LogP contribution in [0.15, 0.2) is 28.7 Å². The zero-order chi connectivity index (χ0) is 80.0. The Morgan fingerprint density at radius 1 is 0.467 bits per heavy atom. The third-order valence-electron chi connectivity index (χ3n) is 16.3. The lowest BCUT2D eigenvalue weighted by Gasteiger charge is -2.35. The van der Waals surface area contributed by atoms with Gasteiger partial charge in [0.15, 0.2) is 0 Å². The number of methoxy groups -OCH3 is 3. The highest BCUT2D eigenvalue weighted by molar-refractivity contribution is 9.10. The minimum atomic E-state index is -1.09. The zero-order valence-electron chi connectivity index (χ0n) is 66.7. The molecule has 0 saturated heterocycles. The van der Waals surface area contributed by atoms with Crippen LogP contribution in [0.5, 0.6) is 0 Å². The topological polar surface area (TPSA) is 230 Å². The number of hydrogen-bond acceptors (Lipinski definition) is 17. The number of amides is 5. The molecule has 2 fully saturated rings. The number of carbonyl (C=O) groups excluding carboxylic acids is 8. The Labute approximate surface area is 650 Å². The first-order chi connectivity index (χ1) is 48.5. The number of anilines is 3. The number of halogens is 1. The second-order valence-electron chi connectivity index (χ2n) is 31.6. The van der Waals surface area contributed by atoms with E-state index < -0.39 is 30.0 Å². The van der Waals surface area contributed by atoms with E-state index in [1.54, 1.807) is 69.1 Å². The van der Waals surface area contributed by atoms with E-state index in [1.165, 1.54) is 65.1 Å². The van der Waals surface area contributed by atoms with Gasteiger partial charge in [-0.15, -0.1) is 45.3 Å². The first-order valence-electron chi connectivity index (χ1n) is 35.3. The van der Waals surface area contributed by atoms with E-state index in [0.29, 0.717) is 59.7 Å². The number of hydrogen-bond donors (Lipinski definition) is 2. The van der Waals surface area contributed by atoms with E-state index in [4.69, 9.17) is 9.47 Å². The Morgan fingerprint density at radius 3 is 1.10 bits per heavy atom. The van der Waals surface area contributed by atoms with Gasteiger partial charge in [0.2, 0.25) is 29.5 Å². The van der Waals surface area contributed by atoms with Gasteiger partial charge in [0.25, 0.3) is 0 Å². The van der Waals surface area contributed by atoms with E-state index in [2.05, 4.69) is 87.2 Å². The van der Waals surface area contributed by atoms with Gasteiger partial charge in [-0.1, -0.05) is 61.2 Å². The van der Waals surface area contributed by atoms with E-state index in [1.807, 2.05) is 116 Å². The zero-order valence-corrected chi connectivity index (χ0v) is 71.6. The Hall–Kier alpha value is -7.45. The minimum Gasteiger partial charge on any atom is -0.477 e. The largest absolute Gasteiger partial charge is 0.477 e. The van der Waals surface area contributed by atoms with Crippen molar-refractivity contribution < 1.29 is 62.5 Å². The van der Waals surface area contributed by atoms with Gasteiger partial charge in [-0.05, 0) is 207 Å². The maximum absolute atomic E-state index is 13.8. The van der Waals surface area contributed by atoms with Crippen molar-refractivity contribution in [3.8, 4) is 47.4 Å². The third kappa shape index (κ3) is 31.1. The second-order valence-corrected chi connectivity index (χ2v) is 36.7. The fourth-order valence-corrected chi connectivity index (χ4v) is 14.7. The van der Waals surface area contributed by atoms with Gasteiger partial charge < -0.3 is 49.1 Å². The number of nitrogens with zero attached hydrogens (tertiary/aromatic N) is 5. The molecule has 0 radical (unpaired) electrons. The summed E-state index contributed by atoms with van der Waals surface area (Å²) in [6.45, 7) is 34.2. The van der Waals surface area contributed by atoms with Crippen LogP contribution in [-0.4, -0.2) is 155 Å². The third-order valence-corrected chi connectivity index (χ3v) is 21.3. The number of esters is 3. The maximum atomic E-state index is 13.8. The summed E-state index contributed by atoms with van der Waals surface area (Å²) < 4.78 is 15.3. The number of rotatable bonds is 18. The fraction of sp³-hybridized carbons (Fsp3) is 0.593. The van der Waals surface area contributed by atoms with Crippen molar-refractivity contribution in [2.24, 2.45) is 45.3 Å². The monoisotopic (exact) mass is 1580 g/mol. The van der Waals surface area contributed by atoms with Crippen molar-refractivity contribution in [1.82, 2.24) is 14.7 Å². The molecule has 4 heterocycles. The van der Waals surface area contributed by atoms with Crippen LogP contribution < -0.4 is 15.1 Å². The summed E-state index contributed by atoms with van der Waals surface area (Å²) in [7, 11) is 14.3. The molecule has 2 aliphatic carbocycles.